The maximum Gasteiger partial charge on any atom is 0.143 e. The van der Waals surface area contributed by atoms with Crippen LogP contribution in [-0.2, 0) is 0 Å². The lowest BCUT2D eigenvalue weighted by Gasteiger charge is -2.15. The van der Waals surface area contributed by atoms with Crippen molar-refractivity contribution in [3.05, 3.63) is 176 Å². The highest BCUT2D eigenvalue weighted by Crippen LogP contribution is 2.41. The first-order valence-electron chi connectivity index (χ1n) is 16.4. The van der Waals surface area contributed by atoms with E-state index in [1.54, 1.807) is 0 Å². The predicted octanol–water partition coefficient (Wildman–Crippen LogP) is 12.8. The molecule has 0 N–H and O–H groups in total. The topological polar surface area (TPSA) is 18.1 Å². The van der Waals surface area contributed by atoms with E-state index in [1.165, 1.54) is 66.3 Å². The molecule has 0 aliphatic rings. The van der Waals surface area contributed by atoms with Gasteiger partial charge in [-0.15, -0.1) is 0 Å². The number of aromatic nitrogens is 1. The van der Waals surface area contributed by atoms with Crippen LogP contribution in [-0.4, -0.2) is 4.57 Å². The van der Waals surface area contributed by atoms with Crippen molar-refractivity contribution in [2.24, 2.45) is 0 Å². The minimum absolute atomic E-state index is 0.912. The minimum atomic E-state index is 0.912. The van der Waals surface area contributed by atoms with E-state index in [1.807, 2.05) is 0 Å². The number of hydrogen-bond donors (Lipinski definition) is 0. The van der Waals surface area contributed by atoms with E-state index in [9.17, 15) is 0 Å². The third kappa shape index (κ3) is 4.06. The van der Waals surface area contributed by atoms with Crippen molar-refractivity contribution < 1.29 is 4.42 Å². The standard InChI is InChI=1S/C46H29NO/c1-2-11-30(12-3-1)34-26-28-43-40(29-34)38-16-7-9-19-42(38)47(43)41-18-8-6-14-35(41)32-21-23-33(24-22-32)36-17-10-20-44-45(36)39-27-25-31-13-4-5-15-37(31)46(39)48-44/h1-29H. The molecule has 0 atom stereocenters. The molecule has 2 heterocycles. The number of benzene rings is 8. The summed E-state index contributed by atoms with van der Waals surface area (Å²) < 4.78 is 8.90. The van der Waals surface area contributed by atoms with Gasteiger partial charge in [-0.2, -0.15) is 0 Å². The van der Waals surface area contributed by atoms with Crippen LogP contribution in [0, 0.1) is 0 Å². The second kappa shape index (κ2) is 10.6. The highest BCUT2D eigenvalue weighted by molar-refractivity contribution is 6.19. The second-order valence-electron chi connectivity index (χ2n) is 12.5. The fourth-order valence-corrected chi connectivity index (χ4v) is 7.58. The van der Waals surface area contributed by atoms with Gasteiger partial charge in [0.15, 0.2) is 0 Å². The lowest BCUT2D eigenvalue weighted by Crippen LogP contribution is -1.97. The molecule has 0 saturated carbocycles. The summed E-state index contributed by atoms with van der Waals surface area (Å²) in [5.41, 5.74) is 12.6. The van der Waals surface area contributed by atoms with Gasteiger partial charge in [-0.3, -0.25) is 0 Å². The summed E-state index contributed by atoms with van der Waals surface area (Å²) in [7, 11) is 0. The van der Waals surface area contributed by atoms with Crippen molar-refractivity contribution in [3.63, 3.8) is 0 Å². The number of furan rings is 1. The first-order valence-corrected chi connectivity index (χ1v) is 16.4. The Morgan fingerprint density at radius 3 is 1.92 bits per heavy atom. The number of hydrogen-bond acceptors (Lipinski definition) is 1. The van der Waals surface area contributed by atoms with E-state index in [0.29, 0.717) is 0 Å². The number of fused-ring (bicyclic) bond motifs is 8. The molecular weight excluding hydrogens is 583 g/mol. The Morgan fingerprint density at radius 2 is 1.04 bits per heavy atom. The Labute approximate surface area is 277 Å². The molecule has 2 heteroatoms. The lowest BCUT2D eigenvalue weighted by molar-refractivity contribution is 0.673. The van der Waals surface area contributed by atoms with Gasteiger partial charge in [0.1, 0.15) is 11.2 Å². The van der Waals surface area contributed by atoms with Crippen molar-refractivity contribution in [1.82, 2.24) is 4.57 Å². The molecule has 48 heavy (non-hydrogen) atoms. The number of nitrogens with zero attached hydrogens (tertiary/aromatic N) is 1. The average Bonchev–Trinajstić information content (AvgIpc) is 3.71. The molecule has 10 rings (SSSR count). The second-order valence-corrected chi connectivity index (χ2v) is 12.5. The fraction of sp³-hybridized carbons (Fsp3) is 0. The van der Waals surface area contributed by atoms with Gasteiger partial charge < -0.3 is 8.98 Å². The molecule has 0 fully saturated rings. The van der Waals surface area contributed by atoms with E-state index >= 15 is 0 Å². The van der Waals surface area contributed by atoms with Crippen molar-refractivity contribution in [2.75, 3.05) is 0 Å². The van der Waals surface area contributed by atoms with Crippen LogP contribution in [0.2, 0.25) is 0 Å². The molecule has 0 radical (unpaired) electrons. The molecule has 0 saturated heterocycles. The molecule has 10 aromatic rings. The van der Waals surface area contributed by atoms with Crippen LogP contribution in [0.4, 0.5) is 0 Å². The van der Waals surface area contributed by atoms with Crippen LogP contribution in [0.15, 0.2) is 180 Å². The Kier molecular flexibility index (Phi) is 5.91. The summed E-state index contributed by atoms with van der Waals surface area (Å²) >= 11 is 0. The maximum absolute atomic E-state index is 6.48. The first kappa shape index (κ1) is 26.8. The van der Waals surface area contributed by atoms with Crippen molar-refractivity contribution in [1.29, 1.82) is 0 Å². The molecule has 8 aromatic carbocycles. The number of rotatable bonds is 4. The highest BCUT2D eigenvalue weighted by atomic mass is 16.3. The lowest BCUT2D eigenvalue weighted by atomic mass is 9.96. The minimum Gasteiger partial charge on any atom is -0.455 e. The molecule has 2 nitrogen and oxygen atoms in total. The Bertz CT molecular complexity index is 2820. The van der Waals surface area contributed by atoms with Crippen LogP contribution in [0.5, 0.6) is 0 Å². The molecule has 0 amide bonds. The van der Waals surface area contributed by atoms with Crippen LogP contribution >= 0.6 is 0 Å². The normalized spacial score (nSPS) is 11.8. The molecule has 2 aromatic heterocycles. The summed E-state index contributed by atoms with van der Waals surface area (Å²) in [6, 6.07) is 63.2. The molecule has 224 valence electrons. The van der Waals surface area contributed by atoms with Crippen LogP contribution in [0.1, 0.15) is 0 Å². The van der Waals surface area contributed by atoms with E-state index in [2.05, 4.69) is 180 Å². The summed E-state index contributed by atoms with van der Waals surface area (Å²) in [6.07, 6.45) is 0. The average molecular weight is 612 g/mol. The van der Waals surface area contributed by atoms with Gasteiger partial charge in [-0.25, -0.2) is 0 Å². The molecule has 0 aliphatic heterocycles. The third-order valence-electron chi connectivity index (χ3n) is 9.82. The summed E-state index contributed by atoms with van der Waals surface area (Å²) in [5, 5.41) is 7.15. The van der Waals surface area contributed by atoms with Crippen molar-refractivity contribution in [3.8, 4) is 39.1 Å². The fourth-order valence-electron chi connectivity index (χ4n) is 7.58. The van der Waals surface area contributed by atoms with Crippen molar-refractivity contribution in [2.45, 2.75) is 0 Å². The smallest absolute Gasteiger partial charge is 0.143 e. The van der Waals surface area contributed by atoms with Crippen molar-refractivity contribution >= 4 is 54.5 Å². The Hall–Kier alpha value is -6.38. The van der Waals surface area contributed by atoms with Gasteiger partial charge in [0.25, 0.3) is 0 Å². The van der Waals surface area contributed by atoms with Crippen LogP contribution in [0.3, 0.4) is 0 Å². The van der Waals surface area contributed by atoms with Gasteiger partial charge in [-0.05, 0) is 69.6 Å². The zero-order valence-electron chi connectivity index (χ0n) is 26.1. The van der Waals surface area contributed by atoms with Gasteiger partial charge in [0.2, 0.25) is 0 Å². The van der Waals surface area contributed by atoms with Crippen LogP contribution < -0.4 is 0 Å². The zero-order valence-corrected chi connectivity index (χ0v) is 26.1. The van der Waals surface area contributed by atoms with Crippen LogP contribution in [0.25, 0.3) is 93.6 Å². The van der Waals surface area contributed by atoms with E-state index in [-0.39, 0.29) is 0 Å². The first-order chi connectivity index (χ1) is 23.8. The van der Waals surface area contributed by atoms with E-state index in [0.717, 1.165) is 27.3 Å². The SMILES string of the molecule is c1ccc(-c2ccc3c(c2)c2ccccc2n3-c2ccccc2-c2ccc(-c3cccc4oc5c6ccccc6ccc5c34)cc2)cc1. The number of para-hydroxylation sites is 2. The van der Waals surface area contributed by atoms with E-state index < -0.39 is 0 Å². The summed E-state index contributed by atoms with van der Waals surface area (Å²) in [5.74, 6) is 0. The summed E-state index contributed by atoms with van der Waals surface area (Å²) in [6.45, 7) is 0. The highest BCUT2D eigenvalue weighted by Gasteiger charge is 2.18. The molecule has 0 bridgehead atoms. The monoisotopic (exact) mass is 611 g/mol. The Morgan fingerprint density at radius 1 is 0.375 bits per heavy atom. The molecule has 0 aliphatic carbocycles. The predicted molar refractivity (Wildman–Crippen MR) is 202 cm³/mol. The quantitative estimate of drug-likeness (QED) is 0.194. The molecule has 0 unspecified atom stereocenters. The van der Waals surface area contributed by atoms with Gasteiger partial charge in [0, 0.05) is 32.5 Å². The molecular formula is C46H29NO. The Balaban J connectivity index is 1.11. The van der Waals surface area contributed by atoms with Gasteiger partial charge in [0.05, 0.1) is 16.7 Å². The third-order valence-corrected chi connectivity index (χ3v) is 9.82. The van der Waals surface area contributed by atoms with Gasteiger partial charge >= 0.3 is 0 Å². The maximum atomic E-state index is 6.48. The molecule has 0 spiro atoms. The largest absolute Gasteiger partial charge is 0.455 e. The zero-order chi connectivity index (χ0) is 31.6. The van der Waals surface area contributed by atoms with E-state index in [4.69, 9.17) is 4.42 Å². The van der Waals surface area contributed by atoms with Gasteiger partial charge in [-0.1, -0.05) is 140 Å². The summed E-state index contributed by atoms with van der Waals surface area (Å²) in [4.78, 5) is 0.